The zero-order valence-corrected chi connectivity index (χ0v) is 11.7. The van der Waals surface area contributed by atoms with Gasteiger partial charge in [0, 0.05) is 19.3 Å². The van der Waals surface area contributed by atoms with E-state index in [0.717, 1.165) is 17.8 Å². The molecule has 0 saturated heterocycles. The number of pyridine rings is 1. The Morgan fingerprint density at radius 2 is 2.05 bits per heavy atom. The first-order chi connectivity index (χ1) is 9.72. The van der Waals surface area contributed by atoms with Crippen molar-refractivity contribution in [3.63, 3.8) is 0 Å². The third-order valence-electron chi connectivity index (χ3n) is 3.13. The molecule has 0 fully saturated rings. The summed E-state index contributed by atoms with van der Waals surface area (Å²) in [7, 11) is 0. The third-order valence-corrected chi connectivity index (χ3v) is 3.13. The highest BCUT2D eigenvalue weighted by Gasteiger charge is 2.22. The van der Waals surface area contributed by atoms with Crippen LogP contribution in [0.2, 0.25) is 0 Å². The number of rotatable bonds is 6. The molecule has 4 heteroatoms. The average molecular weight is 269 g/mol. The molecule has 2 heterocycles. The minimum Gasteiger partial charge on any atom is -0.330 e. The van der Waals surface area contributed by atoms with Gasteiger partial charge in [0.2, 0.25) is 0 Å². The van der Waals surface area contributed by atoms with Crippen molar-refractivity contribution in [2.24, 2.45) is 0 Å². The molecular weight excluding hydrogens is 250 g/mol. The van der Waals surface area contributed by atoms with Crippen molar-refractivity contribution in [1.82, 2.24) is 14.3 Å². The summed E-state index contributed by atoms with van der Waals surface area (Å²) in [5.74, 6) is -0.0413. The molecule has 104 valence electrons. The van der Waals surface area contributed by atoms with Crippen LogP contribution < -0.4 is 0 Å². The van der Waals surface area contributed by atoms with Crippen LogP contribution >= 0.6 is 0 Å². The van der Waals surface area contributed by atoms with Crippen molar-refractivity contribution in [2.45, 2.75) is 13.3 Å². The zero-order chi connectivity index (χ0) is 14.5. The minimum absolute atomic E-state index is 0.0413. The standard InChI is InChI=1S/C16H19N3O/c1-4-10-18(11-5-2)16(20)15-13(6-3)17-14-9-7-8-12-19(14)15/h4-5,7-9,12H,1-2,6,10-11H2,3H3. The molecule has 0 aliphatic heterocycles. The van der Waals surface area contributed by atoms with Crippen molar-refractivity contribution >= 4 is 11.6 Å². The van der Waals surface area contributed by atoms with E-state index >= 15 is 0 Å². The molecule has 0 aliphatic rings. The number of aryl methyl sites for hydroxylation is 1. The second kappa shape index (κ2) is 6.19. The molecule has 0 aromatic carbocycles. The highest BCUT2D eigenvalue weighted by Crippen LogP contribution is 2.15. The van der Waals surface area contributed by atoms with Crippen LogP contribution in [-0.2, 0) is 6.42 Å². The summed E-state index contributed by atoms with van der Waals surface area (Å²) in [6.45, 7) is 10.4. The third kappa shape index (κ3) is 2.50. The van der Waals surface area contributed by atoms with Gasteiger partial charge in [-0.1, -0.05) is 25.1 Å². The van der Waals surface area contributed by atoms with E-state index in [2.05, 4.69) is 18.1 Å². The van der Waals surface area contributed by atoms with Gasteiger partial charge >= 0.3 is 0 Å². The van der Waals surface area contributed by atoms with E-state index in [1.54, 1.807) is 17.1 Å². The summed E-state index contributed by atoms with van der Waals surface area (Å²) in [6.07, 6.45) is 6.03. The summed E-state index contributed by atoms with van der Waals surface area (Å²) < 4.78 is 1.85. The lowest BCUT2D eigenvalue weighted by Gasteiger charge is -2.19. The molecule has 0 saturated carbocycles. The van der Waals surface area contributed by atoms with E-state index in [4.69, 9.17) is 0 Å². The molecular formula is C16H19N3O. The fourth-order valence-electron chi connectivity index (χ4n) is 2.22. The monoisotopic (exact) mass is 269 g/mol. The smallest absolute Gasteiger partial charge is 0.273 e. The minimum atomic E-state index is -0.0413. The largest absolute Gasteiger partial charge is 0.330 e. The summed E-state index contributed by atoms with van der Waals surface area (Å²) in [6, 6.07) is 5.72. The van der Waals surface area contributed by atoms with Crippen LogP contribution in [0.5, 0.6) is 0 Å². The summed E-state index contributed by atoms with van der Waals surface area (Å²) in [5.41, 5.74) is 2.25. The van der Waals surface area contributed by atoms with Crippen molar-refractivity contribution in [3.8, 4) is 0 Å². The number of hydrogen-bond acceptors (Lipinski definition) is 2. The Labute approximate surface area is 119 Å². The first kappa shape index (κ1) is 14.1. The normalized spacial score (nSPS) is 10.4. The quantitative estimate of drug-likeness (QED) is 0.756. The van der Waals surface area contributed by atoms with Gasteiger partial charge in [0.05, 0.1) is 5.69 Å². The highest BCUT2D eigenvalue weighted by atomic mass is 16.2. The summed E-state index contributed by atoms with van der Waals surface area (Å²) >= 11 is 0. The number of hydrogen-bond donors (Lipinski definition) is 0. The molecule has 0 N–H and O–H groups in total. The van der Waals surface area contributed by atoms with E-state index < -0.39 is 0 Å². The van der Waals surface area contributed by atoms with Crippen LogP contribution in [0.1, 0.15) is 23.1 Å². The van der Waals surface area contributed by atoms with E-state index in [1.165, 1.54) is 0 Å². The van der Waals surface area contributed by atoms with Gasteiger partial charge in [0.1, 0.15) is 11.3 Å². The molecule has 2 aromatic rings. The predicted octanol–water partition coefficient (Wildman–Crippen LogP) is 2.71. The summed E-state index contributed by atoms with van der Waals surface area (Å²) in [5, 5.41) is 0. The molecule has 2 rings (SSSR count). The topological polar surface area (TPSA) is 37.6 Å². The number of fused-ring (bicyclic) bond motifs is 1. The predicted molar refractivity (Wildman–Crippen MR) is 80.9 cm³/mol. The summed E-state index contributed by atoms with van der Waals surface area (Å²) in [4.78, 5) is 19.0. The van der Waals surface area contributed by atoms with Gasteiger partial charge in [-0.05, 0) is 18.6 Å². The molecule has 4 nitrogen and oxygen atoms in total. The van der Waals surface area contributed by atoms with Crippen LogP contribution in [-0.4, -0.2) is 33.3 Å². The van der Waals surface area contributed by atoms with Crippen molar-refractivity contribution < 1.29 is 4.79 Å². The van der Waals surface area contributed by atoms with Crippen LogP contribution in [0.25, 0.3) is 5.65 Å². The fraction of sp³-hybridized carbons (Fsp3) is 0.250. The van der Waals surface area contributed by atoms with Gasteiger partial charge in [-0.15, -0.1) is 13.2 Å². The van der Waals surface area contributed by atoms with Gasteiger partial charge in [0.25, 0.3) is 5.91 Å². The Morgan fingerprint density at radius 1 is 1.35 bits per heavy atom. The lowest BCUT2D eigenvalue weighted by molar-refractivity contribution is 0.0783. The molecule has 20 heavy (non-hydrogen) atoms. The number of nitrogens with zero attached hydrogens (tertiary/aromatic N) is 3. The second-order valence-corrected chi connectivity index (χ2v) is 4.48. The van der Waals surface area contributed by atoms with E-state index in [-0.39, 0.29) is 5.91 Å². The van der Waals surface area contributed by atoms with Crippen LogP contribution in [0.3, 0.4) is 0 Å². The average Bonchev–Trinajstić information content (AvgIpc) is 2.84. The molecule has 0 radical (unpaired) electrons. The van der Waals surface area contributed by atoms with Crippen LogP contribution in [0.15, 0.2) is 49.7 Å². The molecule has 0 spiro atoms. The van der Waals surface area contributed by atoms with Gasteiger partial charge in [-0.3, -0.25) is 9.20 Å². The van der Waals surface area contributed by atoms with Crippen LogP contribution in [0, 0.1) is 0 Å². The highest BCUT2D eigenvalue weighted by molar-refractivity contribution is 5.95. The molecule has 0 bridgehead atoms. The lowest BCUT2D eigenvalue weighted by Crippen LogP contribution is -2.32. The van der Waals surface area contributed by atoms with Gasteiger partial charge in [0.15, 0.2) is 0 Å². The van der Waals surface area contributed by atoms with Gasteiger partial charge in [-0.2, -0.15) is 0 Å². The molecule has 0 atom stereocenters. The molecule has 0 unspecified atom stereocenters. The van der Waals surface area contributed by atoms with E-state index in [9.17, 15) is 4.79 Å². The van der Waals surface area contributed by atoms with E-state index in [1.807, 2.05) is 35.7 Å². The Bertz CT molecular complexity index is 632. The zero-order valence-electron chi connectivity index (χ0n) is 11.7. The maximum Gasteiger partial charge on any atom is 0.273 e. The molecule has 2 aromatic heterocycles. The Hall–Kier alpha value is -2.36. The number of amides is 1. The SMILES string of the molecule is C=CCN(CC=C)C(=O)c1c(CC)nc2ccccn12. The van der Waals surface area contributed by atoms with Crippen molar-refractivity contribution in [3.05, 3.63) is 61.1 Å². The molecule has 1 amide bonds. The first-order valence-corrected chi connectivity index (χ1v) is 6.70. The number of carbonyl (C=O) groups excluding carboxylic acids is 1. The Balaban J connectivity index is 2.51. The van der Waals surface area contributed by atoms with Crippen LogP contribution in [0.4, 0.5) is 0 Å². The number of aromatic nitrogens is 2. The molecule has 0 aliphatic carbocycles. The number of imidazole rings is 1. The number of carbonyl (C=O) groups is 1. The van der Waals surface area contributed by atoms with Gasteiger partial charge in [-0.25, -0.2) is 4.98 Å². The lowest BCUT2D eigenvalue weighted by atomic mass is 10.2. The second-order valence-electron chi connectivity index (χ2n) is 4.48. The fourth-order valence-corrected chi connectivity index (χ4v) is 2.22. The first-order valence-electron chi connectivity index (χ1n) is 6.70. The Morgan fingerprint density at radius 3 is 2.65 bits per heavy atom. The van der Waals surface area contributed by atoms with E-state index in [0.29, 0.717) is 18.8 Å². The Kier molecular flexibility index (Phi) is 4.35. The maximum absolute atomic E-state index is 12.7. The van der Waals surface area contributed by atoms with Gasteiger partial charge < -0.3 is 4.90 Å². The maximum atomic E-state index is 12.7. The van der Waals surface area contributed by atoms with Crippen molar-refractivity contribution in [1.29, 1.82) is 0 Å². The van der Waals surface area contributed by atoms with Crippen molar-refractivity contribution in [2.75, 3.05) is 13.1 Å².